The smallest absolute Gasteiger partial charge is 0.306 e. The molecule has 1 unspecified atom stereocenters. The molecule has 0 amide bonds. The molecule has 0 saturated carbocycles. The van der Waals surface area contributed by atoms with Crippen molar-refractivity contribution in [1.82, 2.24) is 0 Å². The van der Waals surface area contributed by atoms with Gasteiger partial charge in [0.15, 0.2) is 6.10 Å². The average molecular weight is 701 g/mol. The van der Waals surface area contributed by atoms with E-state index < -0.39 is 6.10 Å². The summed E-state index contributed by atoms with van der Waals surface area (Å²) in [7, 11) is 0. The quantitative estimate of drug-likeness (QED) is 0.0364. The van der Waals surface area contributed by atoms with Crippen molar-refractivity contribution in [3.05, 3.63) is 48.6 Å². The van der Waals surface area contributed by atoms with Gasteiger partial charge in [0.25, 0.3) is 0 Å². The highest BCUT2D eigenvalue weighted by atomic mass is 16.6. The van der Waals surface area contributed by atoms with Crippen LogP contribution >= 0.6 is 0 Å². The maximum Gasteiger partial charge on any atom is 0.306 e. The minimum atomic E-state index is -0.556. The number of unbranched alkanes of at least 4 members (excludes halogenated alkanes) is 19. The van der Waals surface area contributed by atoms with Crippen LogP contribution in [0.1, 0.15) is 201 Å². The van der Waals surface area contributed by atoms with E-state index in [2.05, 4.69) is 63.3 Å². The Kier molecular flexibility index (Phi) is 39.5. The Morgan fingerprint density at radius 1 is 0.460 bits per heavy atom. The van der Waals surface area contributed by atoms with Crippen molar-refractivity contribution in [2.24, 2.45) is 0 Å². The van der Waals surface area contributed by atoms with E-state index in [0.29, 0.717) is 25.9 Å². The van der Waals surface area contributed by atoms with E-state index in [1.165, 1.54) is 103 Å². The highest BCUT2D eigenvalue weighted by Gasteiger charge is 2.17. The molecule has 0 aliphatic carbocycles. The number of carbonyl (C=O) groups is 2. The van der Waals surface area contributed by atoms with Gasteiger partial charge in [0.1, 0.15) is 6.61 Å². The largest absolute Gasteiger partial charge is 0.462 e. The van der Waals surface area contributed by atoms with Gasteiger partial charge in [-0.25, -0.2) is 0 Å². The Labute approximate surface area is 310 Å². The van der Waals surface area contributed by atoms with Crippen molar-refractivity contribution < 1.29 is 23.8 Å². The van der Waals surface area contributed by atoms with Crippen LogP contribution < -0.4 is 0 Å². The van der Waals surface area contributed by atoms with Crippen LogP contribution in [0.15, 0.2) is 48.6 Å². The van der Waals surface area contributed by atoms with Gasteiger partial charge in [0.2, 0.25) is 0 Å². The molecule has 5 heteroatoms. The van der Waals surface area contributed by atoms with E-state index in [1.54, 1.807) is 0 Å². The molecule has 0 spiro atoms. The van der Waals surface area contributed by atoms with Gasteiger partial charge in [-0.15, -0.1) is 0 Å². The maximum absolute atomic E-state index is 12.6. The lowest BCUT2D eigenvalue weighted by Crippen LogP contribution is -2.30. The zero-order chi connectivity index (χ0) is 36.4. The molecule has 1 atom stereocenters. The van der Waals surface area contributed by atoms with Crippen LogP contribution in [0.4, 0.5) is 0 Å². The number of hydrogen-bond donors (Lipinski definition) is 0. The van der Waals surface area contributed by atoms with Crippen LogP contribution in [0.25, 0.3) is 0 Å². The van der Waals surface area contributed by atoms with Crippen LogP contribution in [0, 0.1) is 0 Å². The molecule has 0 aromatic carbocycles. The van der Waals surface area contributed by atoms with Gasteiger partial charge in [-0.3, -0.25) is 9.59 Å². The molecule has 0 aromatic heterocycles. The Balaban J connectivity index is 4.25. The molecule has 0 aliphatic rings. The highest BCUT2D eigenvalue weighted by molar-refractivity contribution is 5.70. The fraction of sp³-hybridized carbons (Fsp3) is 0.778. The fourth-order valence-electron chi connectivity index (χ4n) is 5.76. The maximum atomic E-state index is 12.6. The van der Waals surface area contributed by atoms with E-state index in [1.807, 2.05) is 6.08 Å². The van der Waals surface area contributed by atoms with Gasteiger partial charge in [-0.1, -0.05) is 191 Å². The van der Waals surface area contributed by atoms with Crippen molar-refractivity contribution in [2.45, 2.75) is 207 Å². The molecule has 0 bridgehead atoms. The monoisotopic (exact) mass is 701 g/mol. The second-order valence-corrected chi connectivity index (χ2v) is 13.9. The zero-order valence-electron chi connectivity index (χ0n) is 33.2. The average Bonchev–Trinajstić information content (AvgIpc) is 3.11. The van der Waals surface area contributed by atoms with Gasteiger partial charge < -0.3 is 14.2 Å². The third-order valence-corrected chi connectivity index (χ3v) is 8.89. The minimum Gasteiger partial charge on any atom is -0.462 e. The van der Waals surface area contributed by atoms with Crippen molar-refractivity contribution in [3.8, 4) is 0 Å². The molecule has 0 aliphatic heterocycles. The number of hydrogen-bond acceptors (Lipinski definition) is 5. The van der Waals surface area contributed by atoms with Gasteiger partial charge in [-0.2, -0.15) is 0 Å². The molecule has 0 aromatic rings. The molecule has 0 rings (SSSR count). The van der Waals surface area contributed by atoms with Crippen molar-refractivity contribution in [1.29, 1.82) is 0 Å². The van der Waals surface area contributed by atoms with Crippen LogP contribution in [0.3, 0.4) is 0 Å². The lowest BCUT2D eigenvalue weighted by molar-refractivity contribution is -0.162. The van der Waals surface area contributed by atoms with E-state index in [-0.39, 0.29) is 25.2 Å². The number of ether oxygens (including phenoxy) is 3. The van der Waals surface area contributed by atoms with Crippen LogP contribution in [0.5, 0.6) is 0 Å². The minimum absolute atomic E-state index is 0.0501. The standard InChI is InChI=1S/C45H80O5/c1-4-7-10-13-16-18-20-22-24-26-28-31-34-37-40-48-41-43(50-45(47)39-36-33-29-15-12-9-6-3)42-49-44(46)38-35-32-30-27-25-23-21-19-17-14-11-8-5-2/h8,11,17,19,23,25,30,32,43H,4-7,9-10,12-16,18,20-22,24,26-29,31,33-42H2,1-3H3/b11-8-,19-17-,25-23-,32-30-. The van der Waals surface area contributed by atoms with Gasteiger partial charge in [0.05, 0.1) is 6.61 Å². The molecule has 290 valence electrons. The first-order valence-corrected chi connectivity index (χ1v) is 21.2. The van der Waals surface area contributed by atoms with Crippen molar-refractivity contribution >= 4 is 11.9 Å². The summed E-state index contributed by atoms with van der Waals surface area (Å²) in [4.78, 5) is 25.0. The Hall–Kier alpha value is -2.14. The summed E-state index contributed by atoms with van der Waals surface area (Å²) >= 11 is 0. The Bertz CT molecular complexity index is 842. The molecule has 50 heavy (non-hydrogen) atoms. The molecule has 0 fully saturated rings. The Morgan fingerprint density at radius 3 is 1.40 bits per heavy atom. The number of rotatable bonds is 38. The lowest BCUT2D eigenvalue weighted by atomic mass is 10.0. The summed E-state index contributed by atoms with van der Waals surface area (Å²) < 4.78 is 17.1. The van der Waals surface area contributed by atoms with Crippen molar-refractivity contribution in [3.63, 3.8) is 0 Å². The molecule has 0 N–H and O–H groups in total. The van der Waals surface area contributed by atoms with E-state index in [0.717, 1.165) is 57.8 Å². The molecule has 0 heterocycles. The van der Waals surface area contributed by atoms with Gasteiger partial charge in [0, 0.05) is 19.4 Å². The number of allylic oxidation sites excluding steroid dienone is 8. The summed E-state index contributed by atoms with van der Waals surface area (Å²) in [6.45, 7) is 7.60. The highest BCUT2D eigenvalue weighted by Crippen LogP contribution is 2.14. The summed E-state index contributed by atoms with van der Waals surface area (Å²) in [5.74, 6) is -0.493. The first kappa shape index (κ1) is 47.9. The summed E-state index contributed by atoms with van der Waals surface area (Å²) in [6.07, 6.45) is 48.4. The summed E-state index contributed by atoms with van der Waals surface area (Å²) in [6, 6.07) is 0. The Morgan fingerprint density at radius 2 is 0.900 bits per heavy atom. The molecular weight excluding hydrogens is 620 g/mol. The van der Waals surface area contributed by atoms with E-state index in [4.69, 9.17) is 14.2 Å². The second kappa shape index (κ2) is 41.3. The molecular formula is C45H80O5. The van der Waals surface area contributed by atoms with Crippen molar-refractivity contribution in [2.75, 3.05) is 19.8 Å². The fourth-order valence-corrected chi connectivity index (χ4v) is 5.76. The third kappa shape index (κ3) is 38.7. The molecule has 5 nitrogen and oxygen atoms in total. The molecule has 0 radical (unpaired) electrons. The zero-order valence-corrected chi connectivity index (χ0v) is 33.2. The van der Waals surface area contributed by atoms with E-state index in [9.17, 15) is 9.59 Å². The normalized spacial score (nSPS) is 12.6. The number of carbonyl (C=O) groups excluding carboxylic acids is 2. The third-order valence-electron chi connectivity index (χ3n) is 8.89. The SMILES string of the molecule is CC/C=C\C/C=C\C/C=C\C/C=C\CCC(=O)OCC(COCCCCCCCCCCCCCCCC)OC(=O)CCCCCCCCC. The topological polar surface area (TPSA) is 61.8 Å². The summed E-state index contributed by atoms with van der Waals surface area (Å²) in [5.41, 5.74) is 0. The van der Waals surface area contributed by atoms with Gasteiger partial charge in [-0.05, 0) is 44.9 Å². The summed E-state index contributed by atoms with van der Waals surface area (Å²) in [5, 5.41) is 0. The molecule has 0 saturated heterocycles. The lowest BCUT2D eigenvalue weighted by Gasteiger charge is -2.18. The second-order valence-electron chi connectivity index (χ2n) is 13.9. The van der Waals surface area contributed by atoms with Gasteiger partial charge >= 0.3 is 11.9 Å². The number of esters is 2. The first-order chi connectivity index (χ1) is 24.6. The first-order valence-electron chi connectivity index (χ1n) is 21.2. The van der Waals surface area contributed by atoms with Crippen LogP contribution in [-0.4, -0.2) is 37.9 Å². The predicted octanol–water partition coefficient (Wildman–Crippen LogP) is 13.7. The predicted molar refractivity (Wildman–Crippen MR) is 215 cm³/mol. The van der Waals surface area contributed by atoms with Crippen LogP contribution in [-0.2, 0) is 23.8 Å². The van der Waals surface area contributed by atoms with E-state index >= 15 is 0 Å². The van der Waals surface area contributed by atoms with Crippen LogP contribution in [0.2, 0.25) is 0 Å².